The Balaban J connectivity index is 1.73. The van der Waals surface area contributed by atoms with Crippen molar-refractivity contribution >= 4 is 11.9 Å². The first kappa shape index (κ1) is 18.0. The third-order valence-corrected chi connectivity index (χ3v) is 3.31. The highest BCUT2D eigenvalue weighted by Gasteiger charge is 2.17. The van der Waals surface area contributed by atoms with Crippen LogP contribution in [-0.4, -0.2) is 24.6 Å². The molecular formula is C19H18N2O4. The average Bonchev–Trinajstić information content (AvgIpc) is 2.65. The van der Waals surface area contributed by atoms with Gasteiger partial charge in [-0.3, -0.25) is 4.79 Å². The maximum Gasteiger partial charge on any atom is 0.347 e. The third kappa shape index (κ3) is 5.99. The van der Waals surface area contributed by atoms with Crippen LogP contribution in [0.15, 0.2) is 54.6 Å². The molecule has 1 amide bonds. The second kappa shape index (κ2) is 9.08. The Morgan fingerprint density at radius 3 is 2.44 bits per heavy atom. The number of benzene rings is 2. The number of carbonyl (C=O) groups excluding carboxylic acids is 2. The van der Waals surface area contributed by atoms with Gasteiger partial charge >= 0.3 is 5.97 Å². The molecule has 6 nitrogen and oxygen atoms in total. The number of nitriles is 1. The van der Waals surface area contributed by atoms with E-state index in [1.165, 1.54) is 6.92 Å². The van der Waals surface area contributed by atoms with Crippen LogP contribution in [0.1, 0.15) is 18.1 Å². The van der Waals surface area contributed by atoms with Crippen LogP contribution in [0.5, 0.6) is 5.75 Å². The topological polar surface area (TPSA) is 88.4 Å². The zero-order valence-electron chi connectivity index (χ0n) is 13.8. The fourth-order valence-corrected chi connectivity index (χ4v) is 1.96. The molecule has 0 aliphatic carbocycles. The van der Waals surface area contributed by atoms with E-state index < -0.39 is 12.1 Å². The van der Waals surface area contributed by atoms with Crippen molar-refractivity contribution in [2.75, 3.05) is 6.61 Å². The van der Waals surface area contributed by atoms with E-state index in [1.807, 2.05) is 36.4 Å². The number of nitrogens with zero attached hydrogens (tertiary/aromatic N) is 1. The normalized spacial score (nSPS) is 11.0. The van der Waals surface area contributed by atoms with Crippen LogP contribution in [-0.2, 0) is 20.9 Å². The van der Waals surface area contributed by atoms with E-state index in [0.717, 1.165) is 5.56 Å². The molecule has 128 valence electrons. The summed E-state index contributed by atoms with van der Waals surface area (Å²) < 4.78 is 10.4. The summed E-state index contributed by atoms with van der Waals surface area (Å²) in [5.41, 5.74) is 1.46. The van der Waals surface area contributed by atoms with Gasteiger partial charge in [-0.1, -0.05) is 30.3 Å². The quantitative estimate of drug-likeness (QED) is 0.782. The lowest BCUT2D eigenvalue weighted by molar-refractivity contribution is -0.154. The van der Waals surface area contributed by atoms with Crippen molar-refractivity contribution in [1.82, 2.24) is 5.32 Å². The van der Waals surface area contributed by atoms with Gasteiger partial charge in [-0.05, 0) is 36.8 Å². The number of amides is 1. The molecule has 1 N–H and O–H groups in total. The number of esters is 1. The molecule has 0 spiro atoms. The summed E-state index contributed by atoms with van der Waals surface area (Å²) in [6.45, 7) is 1.53. The lowest BCUT2D eigenvalue weighted by Gasteiger charge is -2.14. The van der Waals surface area contributed by atoms with Crippen molar-refractivity contribution in [1.29, 1.82) is 5.26 Å². The second-order valence-corrected chi connectivity index (χ2v) is 5.27. The third-order valence-electron chi connectivity index (χ3n) is 3.31. The van der Waals surface area contributed by atoms with Gasteiger partial charge in [-0.15, -0.1) is 0 Å². The summed E-state index contributed by atoms with van der Waals surface area (Å²) in [4.78, 5) is 23.6. The van der Waals surface area contributed by atoms with E-state index >= 15 is 0 Å². The molecule has 0 unspecified atom stereocenters. The predicted molar refractivity (Wildman–Crippen MR) is 90.5 cm³/mol. The molecular weight excluding hydrogens is 320 g/mol. The molecule has 0 fully saturated rings. The van der Waals surface area contributed by atoms with Gasteiger partial charge in [-0.25, -0.2) is 4.79 Å². The summed E-state index contributed by atoms with van der Waals surface area (Å²) in [6.07, 6.45) is -0.866. The van der Waals surface area contributed by atoms with Crippen LogP contribution in [0.3, 0.4) is 0 Å². The Bertz CT molecular complexity index is 751. The predicted octanol–water partition coefficient (Wildman–Crippen LogP) is 2.19. The van der Waals surface area contributed by atoms with Crippen LogP contribution < -0.4 is 10.1 Å². The van der Waals surface area contributed by atoms with E-state index in [9.17, 15) is 9.59 Å². The van der Waals surface area contributed by atoms with Gasteiger partial charge in [0, 0.05) is 6.54 Å². The van der Waals surface area contributed by atoms with Gasteiger partial charge in [0.05, 0.1) is 11.6 Å². The number of hydrogen-bond donors (Lipinski definition) is 1. The van der Waals surface area contributed by atoms with Crippen LogP contribution in [0.2, 0.25) is 0 Å². The molecule has 25 heavy (non-hydrogen) atoms. The zero-order chi connectivity index (χ0) is 18.1. The van der Waals surface area contributed by atoms with Crippen LogP contribution in [0, 0.1) is 11.3 Å². The maximum atomic E-state index is 11.9. The number of rotatable bonds is 7. The highest BCUT2D eigenvalue weighted by atomic mass is 16.6. The van der Waals surface area contributed by atoms with Gasteiger partial charge in [0.15, 0.2) is 12.7 Å². The number of ether oxygens (including phenoxy) is 2. The van der Waals surface area contributed by atoms with Gasteiger partial charge in [0.1, 0.15) is 5.75 Å². The van der Waals surface area contributed by atoms with Crippen molar-refractivity contribution in [2.45, 2.75) is 19.6 Å². The average molecular weight is 338 g/mol. The Morgan fingerprint density at radius 2 is 1.80 bits per heavy atom. The molecule has 0 aromatic heterocycles. The molecule has 0 aliphatic heterocycles. The fraction of sp³-hybridized carbons (Fsp3) is 0.211. The summed E-state index contributed by atoms with van der Waals surface area (Å²) in [7, 11) is 0. The summed E-state index contributed by atoms with van der Waals surface area (Å²) >= 11 is 0. The molecule has 0 aliphatic rings. The zero-order valence-corrected chi connectivity index (χ0v) is 13.8. The standard InChI is InChI=1S/C19H18N2O4/c1-14(25-17-9-7-15(11-20)8-10-17)19(23)24-13-18(22)21-12-16-5-3-2-4-6-16/h2-10,14H,12-13H2,1H3,(H,21,22)/t14-/m1/s1. The van der Waals surface area contributed by atoms with Crippen LogP contribution in [0.4, 0.5) is 0 Å². The van der Waals surface area contributed by atoms with Crippen LogP contribution in [0.25, 0.3) is 0 Å². The first-order valence-corrected chi connectivity index (χ1v) is 7.72. The van der Waals surface area contributed by atoms with Crippen molar-refractivity contribution in [2.24, 2.45) is 0 Å². The molecule has 0 saturated heterocycles. The minimum absolute atomic E-state index is 0.368. The molecule has 2 aromatic rings. The molecule has 0 heterocycles. The molecule has 0 bridgehead atoms. The number of hydrogen-bond acceptors (Lipinski definition) is 5. The summed E-state index contributed by atoms with van der Waals surface area (Å²) in [5, 5.41) is 11.4. The SMILES string of the molecule is C[C@@H](Oc1ccc(C#N)cc1)C(=O)OCC(=O)NCc1ccccc1. The van der Waals surface area contributed by atoms with E-state index in [1.54, 1.807) is 24.3 Å². The lowest BCUT2D eigenvalue weighted by atomic mass is 10.2. The fourth-order valence-electron chi connectivity index (χ4n) is 1.96. The van der Waals surface area contributed by atoms with Crippen molar-refractivity contribution in [3.05, 3.63) is 65.7 Å². The molecule has 2 aromatic carbocycles. The van der Waals surface area contributed by atoms with E-state index in [0.29, 0.717) is 17.9 Å². The number of nitrogens with one attached hydrogen (secondary N) is 1. The monoisotopic (exact) mass is 338 g/mol. The molecule has 0 radical (unpaired) electrons. The Hall–Kier alpha value is -3.33. The molecule has 0 saturated carbocycles. The van der Waals surface area contributed by atoms with Gasteiger partial charge < -0.3 is 14.8 Å². The van der Waals surface area contributed by atoms with E-state index in [2.05, 4.69) is 5.32 Å². The molecule has 6 heteroatoms. The van der Waals surface area contributed by atoms with Crippen molar-refractivity contribution in [3.63, 3.8) is 0 Å². The molecule has 1 atom stereocenters. The highest BCUT2D eigenvalue weighted by molar-refractivity contribution is 5.81. The Morgan fingerprint density at radius 1 is 1.12 bits per heavy atom. The Labute approximate surface area is 146 Å². The van der Waals surface area contributed by atoms with Crippen LogP contribution >= 0.6 is 0 Å². The van der Waals surface area contributed by atoms with Gasteiger partial charge in [0.25, 0.3) is 5.91 Å². The lowest BCUT2D eigenvalue weighted by Crippen LogP contribution is -2.32. The Kier molecular flexibility index (Phi) is 6.55. The first-order valence-electron chi connectivity index (χ1n) is 7.72. The van der Waals surface area contributed by atoms with Crippen molar-refractivity contribution in [3.8, 4) is 11.8 Å². The van der Waals surface area contributed by atoms with Gasteiger partial charge in [0.2, 0.25) is 0 Å². The molecule has 2 rings (SSSR count). The van der Waals surface area contributed by atoms with E-state index in [-0.39, 0.29) is 12.5 Å². The summed E-state index contributed by atoms with van der Waals surface area (Å²) in [5.74, 6) is -0.584. The number of carbonyl (C=O) groups is 2. The highest BCUT2D eigenvalue weighted by Crippen LogP contribution is 2.13. The maximum absolute atomic E-state index is 11.9. The minimum atomic E-state index is -0.866. The smallest absolute Gasteiger partial charge is 0.347 e. The van der Waals surface area contributed by atoms with Gasteiger partial charge in [-0.2, -0.15) is 5.26 Å². The first-order chi connectivity index (χ1) is 12.1. The largest absolute Gasteiger partial charge is 0.479 e. The van der Waals surface area contributed by atoms with Crippen molar-refractivity contribution < 1.29 is 19.1 Å². The summed E-state index contributed by atoms with van der Waals surface area (Å²) in [6, 6.07) is 17.8. The van der Waals surface area contributed by atoms with E-state index in [4.69, 9.17) is 14.7 Å². The minimum Gasteiger partial charge on any atom is -0.479 e. The second-order valence-electron chi connectivity index (χ2n) is 5.27.